The maximum Gasteiger partial charge on any atom is 0.283 e. The van der Waals surface area contributed by atoms with Crippen molar-refractivity contribution < 1.29 is 13.2 Å². The first-order chi connectivity index (χ1) is 17.6. The highest BCUT2D eigenvalue weighted by molar-refractivity contribution is 9.11. The van der Waals surface area contributed by atoms with Gasteiger partial charge in [-0.15, -0.1) is 11.3 Å². The zero-order valence-corrected chi connectivity index (χ0v) is 23.7. The fraction of sp³-hybridized carbons (Fsp3) is 0.115. The highest BCUT2D eigenvalue weighted by Gasteiger charge is 2.23. The lowest BCUT2D eigenvalue weighted by Gasteiger charge is -2.11. The summed E-state index contributed by atoms with van der Waals surface area (Å²) < 4.78 is 30.0. The van der Waals surface area contributed by atoms with Gasteiger partial charge in [0.25, 0.3) is 15.9 Å². The van der Waals surface area contributed by atoms with E-state index in [9.17, 15) is 13.2 Å². The van der Waals surface area contributed by atoms with Crippen molar-refractivity contribution in [2.24, 2.45) is 0 Å². The molecule has 0 bridgehead atoms. The first-order valence-corrected chi connectivity index (χ1v) is 14.6. The molecule has 0 unspecified atom stereocenters. The molecule has 1 amide bonds. The Morgan fingerprint density at radius 2 is 1.78 bits per heavy atom. The molecule has 3 aromatic heterocycles. The van der Waals surface area contributed by atoms with Crippen molar-refractivity contribution >= 4 is 66.0 Å². The van der Waals surface area contributed by atoms with Gasteiger partial charge in [-0.2, -0.15) is 0 Å². The summed E-state index contributed by atoms with van der Waals surface area (Å²) in [5.74, 6) is -0.118. The number of aromatic nitrogens is 3. The van der Waals surface area contributed by atoms with Crippen molar-refractivity contribution in [2.75, 3.05) is 0 Å². The minimum absolute atomic E-state index is 0.0177. The van der Waals surface area contributed by atoms with Gasteiger partial charge in [-0.25, -0.2) is 23.1 Å². The molecular formula is C26H20BrClN4O3S2. The monoisotopic (exact) mass is 614 g/mol. The van der Waals surface area contributed by atoms with Crippen LogP contribution in [0.4, 0.5) is 0 Å². The molecule has 5 aromatic rings. The van der Waals surface area contributed by atoms with Crippen LogP contribution in [0, 0.1) is 13.8 Å². The summed E-state index contributed by atoms with van der Waals surface area (Å²) in [6.45, 7) is 4.05. The van der Waals surface area contributed by atoms with E-state index >= 15 is 0 Å². The number of hydrogen-bond donors (Lipinski definition) is 1. The van der Waals surface area contributed by atoms with E-state index in [1.807, 2.05) is 66.9 Å². The van der Waals surface area contributed by atoms with E-state index in [0.29, 0.717) is 37.9 Å². The Hall–Kier alpha value is -3.05. The van der Waals surface area contributed by atoms with Crippen molar-refractivity contribution in [3.05, 3.63) is 98.2 Å². The second kappa shape index (κ2) is 10.0. The Balaban J connectivity index is 1.48. The molecular weight excluding hydrogens is 596 g/mol. The molecule has 7 nitrogen and oxygen atoms in total. The molecule has 1 N–H and O–H groups in total. The third kappa shape index (κ3) is 5.19. The minimum Gasteiger partial charge on any atom is -0.308 e. The SMILES string of the molecule is Cc1cc(C(=O)NS(=O)(=O)c2ccc(Br)s2)nc2c1nc(C)n2Cc1ccc(-c2ccccc2)cc1Cl. The van der Waals surface area contributed by atoms with Crippen molar-refractivity contribution in [1.29, 1.82) is 0 Å². The molecule has 0 fully saturated rings. The van der Waals surface area contributed by atoms with Gasteiger partial charge in [-0.1, -0.05) is 54.1 Å². The Morgan fingerprint density at radius 1 is 1.03 bits per heavy atom. The summed E-state index contributed by atoms with van der Waals surface area (Å²) >= 11 is 10.9. The number of pyridine rings is 1. The molecule has 3 heterocycles. The van der Waals surface area contributed by atoms with Crippen molar-refractivity contribution in [3.63, 3.8) is 0 Å². The summed E-state index contributed by atoms with van der Waals surface area (Å²) in [7, 11) is -4.03. The molecule has 0 spiro atoms. The molecule has 0 radical (unpaired) electrons. The van der Waals surface area contributed by atoms with Crippen LogP contribution >= 0.6 is 38.9 Å². The lowest BCUT2D eigenvalue weighted by atomic mass is 10.0. The lowest BCUT2D eigenvalue weighted by Crippen LogP contribution is -2.30. The molecule has 0 saturated carbocycles. The molecule has 0 atom stereocenters. The van der Waals surface area contributed by atoms with Crippen LogP contribution < -0.4 is 4.72 Å². The van der Waals surface area contributed by atoms with E-state index < -0.39 is 15.9 Å². The van der Waals surface area contributed by atoms with Crippen LogP contribution in [0.3, 0.4) is 0 Å². The molecule has 0 aliphatic rings. The summed E-state index contributed by atoms with van der Waals surface area (Å²) in [6, 6.07) is 20.4. The number of fused-ring (bicyclic) bond motifs is 1. The Labute approximate surface area is 231 Å². The van der Waals surface area contributed by atoms with Crippen LogP contribution in [0.5, 0.6) is 0 Å². The second-order valence-electron chi connectivity index (χ2n) is 8.41. The fourth-order valence-electron chi connectivity index (χ4n) is 3.98. The summed E-state index contributed by atoms with van der Waals surface area (Å²) in [5, 5.41) is 0.599. The minimum atomic E-state index is -4.03. The molecule has 0 aliphatic heterocycles. The quantitative estimate of drug-likeness (QED) is 0.240. The zero-order chi connectivity index (χ0) is 26.3. The summed E-state index contributed by atoms with van der Waals surface area (Å²) in [4.78, 5) is 22.1. The number of halogens is 2. The topological polar surface area (TPSA) is 93.9 Å². The number of sulfonamides is 1. The van der Waals surface area contributed by atoms with Gasteiger partial charge in [-0.05, 0) is 76.3 Å². The number of benzene rings is 2. The predicted molar refractivity (Wildman–Crippen MR) is 150 cm³/mol. The average molecular weight is 616 g/mol. The van der Waals surface area contributed by atoms with Crippen molar-refractivity contribution in [3.8, 4) is 11.1 Å². The van der Waals surface area contributed by atoms with E-state index in [1.54, 1.807) is 6.07 Å². The Bertz CT molecular complexity index is 1770. The normalized spacial score (nSPS) is 11.7. The molecule has 0 aliphatic carbocycles. The number of thiophene rings is 1. The number of nitrogens with one attached hydrogen (secondary N) is 1. The Morgan fingerprint density at radius 3 is 2.46 bits per heavy atom. The average Bonchev–Trinajstić information content (AvgIpc) is 3.44. The van der Waals surface area contributed by atoms with E-state index in [1.165, 1.54) is 12.1 Å². The van der Waals surface area contributed by atoms with Crippen LogP contribution in [-0.4, -0.2) is 28.9 Å². The van der Waals surface area contributed by atoms with Gasteiger partial charge < -0.3 is 4.57 Å². The highest BCUT2D eigenvalue weighted by atomic mass is 79.9. The van der Waals surface area contributed by atoms with E-state index in [4.69, 9.17) is 11.6 Å². The number of rotatable bonds is 6. The molecule has 2 aromatic carbocycles. The van der Waals surface area contributed by atoms with Crippen LogP contribution in [0.1, 0.15) is 27.4 Å². The van der Waals surface area contributed by atoms with Gasteiger partial charge >= 0.3 is 0 Å². The van der Waals surface area contributed by atoms with Crippen molar-refractivity contribution in [1.82, 2.24) is 19.3 Å². The maximum absolute atomic E-state index is 12.9. The van der Waals surface area contributed by atoms with E-state index in [2.05, 4.69) is 30.6 Å². The van der Waals surface area contributed by atoms with Crippen LogP contribution in [0.2, 0.25) is 5.02 Å². The smallest absolute Gasteiger partial charge is 0.283 e. The highest BCUT2D eigenvalue weighted by Crippen LogP contribution is 2.29. The number of carbonyl (C=O) groups excluding carboxylic acids is 1. The van der Waals surface area contributed by atoms with Gasteiger partial charge in [0.05, 0.1) is 10.3 Å². The number of imidazole rings is 1. The number of nitrogens with zero attached hydrogens (tertiary/aromatic N) is 3. The first-order valence-electron chi connectivity index (χ1n) is 11.1. The summed E-state index contributed by atoms with van der Waals surface area (Å²) in [5.41, 5.74) is 4.74. The van der Waals surface area contributed by atoms with Gasteiger partial charge in [0.2, 0.25) is 0 Å². The van der Waals surface area contributed by atoms with Gasteiger partial charge in [0.15, 0.2) is 5.65 Å². The molecule has 188 valence electrons. The third-order valence-electron chi connectivity index (χ3n) is 5.85. The maximum atomic E-state index is 12.9. The number of amides is 1. The number of aryl methyl sites for hydroxylation is 2. The molecule has 0 saturated heterocycles. The standard InChI is InChI=1S/C26H20BrClN4O3S2/c1-15-12-21(26(33)31-37(34,35)23-11-10-22(27)36-23)30-25-24(15)29-16(2)32(25)14-19-9-8-18(13-20(19)28)17-6-4-3-5-7-17/h3-13H,14H2,1-2H3,(H,31,33). The Kier molecular flexibility index (Phi) is 6.93. The van der Waals surface area contributed by atoms with E-state index in [0.717, 1.165) is 28.0 Å². The van der Waals surface area contributed by atoms with Gasteiger partial charge in [0.1, 0.15) is 21.2 Å². The molecule has 37 heavy (non-hydrogen) atoms. The first kappa shape index (κ1) is 25.6. The largest absolute Gasteiger partial charge is 0.308 e. The lowest BCUT2D eigenvalue weighted by molar-refractivity contribution is 0.0977. The van der Waals surface area contributed by atoms with Crippen LogP contribution in [-0.2, 0) is 16.6 Å². The number of carbonyl (C=O) groups is 1. The number of hydrogen-bond acceptors (Lipinski definition) is 6. The fourth-order valence-corrected chi connectivity index (χ4v) is 7.19. The summed E-state index contributed by atoms with van der Waals surface area (Å²) in [6.07, 6.45) is 0. The van der Waals surface area contributed by atoms with Gasteiger partial charge in [-0.3, -0.25) is 4.79 Å². The van der Waals surface area contributed by atoms with Crippen LogP contribution in [0.25, 0.3) is 22.3 Å². The van der Waals surface area contributed by atoms with E-state index in [-0.39, 0.29) is 9.90 Å². The second-order valence-corrected chi connectivity index (χ2v) is 13.2. The molecule has 11 heteroatoms. The molecule has 5 rings (SSSR count). The van der Waals surface area contributed by atoms with Gasteiger partial charge in [0, 0.05) is 5.02 Å². The van der Waals surface area contributed by atoms with Crippen LogP contribution in [0.15, 0.2) is 74.7 Å². The third-order valence-corrected chi connectivity index (χ3v) is 9.64. The zero-order valence-electron chi connectivity index (χ0n) is 19.7. The predicted octanol–water partition coefficient (Wildman–Crippen LogP) is 6.36. The van der Waals surface area contributed by atoms with Crippen molar-refractivity contribution in [2.45, 2.75) is 24.6 Å².